The summed E-state index contributed by atoms with van der Waals surface area (Å²) >= 11 is 0. The maximum Gasteiger partial charge on any atom is 0.126 e. The van der Waals surface area contributed by atoms with Crippen LogP contribution in [0, 0.1) is 19.8 Å². The summed E-state index contributed by atoms with van der Waals surface area (Å²) in [6.45, 7) is 8.99. The van der Waals surface area contributed by atoms with Crippen LogP contribution in [0.1, 0.15) is 30.0 Å². The second-order valence-electron chi connectivity index (χ2n) is 5.08. The molecule has 0 amide bonds. The van der Waals surface area contributed by atoms with Crippen molar-refractivity contribution in [3.63, 3.8) is 0 Å². The Balaban J connectivity index is 2.56. The van der Waals surface area contributed by atoms with Crippen LogP contribution in [0.5, 0.6) is 5.75 Å². The Hall–Kier alpha value is -1.06. The van der Waals surface area contributed by atoms with Crippen LogP contribution in [0.4, 0.5) is 0 Å². The molecule has 0 aliphatic heterocycles. The third-order valence-electron chi connectivity index (χ3n) is 3.23. The second kappa shape index (κ2) is 7.39. The minimum absolute atomic E-state index is 0.582. The molecule has 0 fully saturated rings. The lowest BCUT2D eigenvalue weighted by Gasteiger charge is -2.14. The molecule has 0 aromatic heterocycles. The van der Waals surface area contributed by atoms with Crippen LogP contribution in [-0.2, 0) is 6.54 Å². The van der Waals surface area contributed by atoms with Crippen molar-refractivity contribution in [1.29, 1.82) is 0 Å². The molecule has 0 spiro atoms. The van der Waals surface area contributed by atoms with E-state index in [2.05, 4.69) is 38.2 Å². The van der Waals surface area contributed by atoms with Crippen LogP contribution in [0.2, 0.25) is 0 Å². The summed E-state index contributed by atoms with van der Waals surface area (Å²) in [5, 5.41) is 3.46. The van der Waals surface area contributed by atoms with E-state index in [0.29, 0.717) is 5.92 Å². The minimum atomic E-state index is 0.582. The molecular weight excluding hydrogens is 224 g/mol. The molecule has 0 aliphatic carbocycles. The maximum atomic E-state index is 5.60. The van der Waals surface area contributed by atoms with Crippen molar-refractivity contribution in [2.75, 3.05) is 20.2 Å². The lowest BCUT2D eigenvalue weighted by Crippen LogP contribution is -2.20. The molecule has 1 rings (SSSR count). The molecule has 3 heteroatoms. The van der Waals surface area contributed by atoms with Crippen LogP contribution >= 0.6 is 0 Å². The molecular formula is C15H26N2O. The maximum absolute atomic E-state index is 5.60. The summed E-state index contributed by atoms with van der Waals surface area (Å²) in [5.74, 6) is 1.58. The van der Waals surface area contributed by atoms with Gasteiger partial charge in [0.15, 0.2) is 0 Å². The molecule has 0 saturated carbocycles. The Morgan fingerprint density at radius 3 is 2.67 bits per heavy atom. The summed E-state index contributed by atoms with van der Waals surface area (Å²) in [7, 11) is 1.73. The Labute approximate surface area is 111 Å². The first-order chi connectivity index (χ1) is 8.58. The topological polar surface area (TPSA) is 47.3 Å². The van der Waals surface area contributed by atoms with Crippen LogP contribution < -0.4 is 15.8 Å². The summed E-state index contributed by atoms with van der Waals surface area (Å²) in [5.41, 5.74) is 9.31. The van der Waals surface area contributed by atoms with Gasteiger partial charge < -0.3 is 15.8 Å². The summed E-state index contributed by atoms with van der Waals surface area (Å²) in [4.78, 5) is 0. The lowest BCUT2D eigenvalue weighted by molar-refractivity contribution is 0.403. The molecule has 3 nitrogen and oxygen atoms in total. The Morgan fingerprint density at radius 1 is 1.33 bits per heavy atom. The smallest absolute Gasteiger partial charge is 0.126 e. The van der Waals surface area contributed by atoms with Gasteiger partial charge in [0, 0.05) is 12.1 Å². The Kier molecular flexibility index (Phi) is 6.16. The van der Waals surface area contributed by atoms with Crippen LogP contribution in [-0.4, -0.2) is 20.2 Å². The van der Waals surface area contributed by atoms with Crippen molar-refractivity contribution in [3.8, 4) is 5.75 Å². The van der Waals surface area contributed by atoms with Crippen LogP contribution in [0.25, 0.3) is 0 Å². The molecule has 0 aliphatic rings. The second-order valence-corrected chi connectivity index (χ2v) is 5.08. The number of rotatable bonds is 7. The average Bonchev–Trinajstić information content (AvgIpc) is 2.33. The fraction of sp³-hybridized carbons (Fsp3) is 0.600. The predicted molar refractivity (Wildman–Crippen MR) is 77.0 cm³/mol. The molecule has 102 valence electrons. The van der Waals surface area contributed by atoms with Gasteiger partial charge in [0.1, 0.15) is 5.75 Å². The quantitative estimate of drug-likeness (QED) is 0.730. The van der Waals surface area contributed by atoms with Gasteiger partial charge in [0.05, 0.1) is 7.11 Å². The number of nitrogens with one attached hydrogen (secondary N) is 1. The van der Waals surface area contributed by atoms with Gasteiger partial charge in [-0.1, -0.05) is 24.6 Å². The normalized spacial score (nSPS) is 12.5. The van der Waals surface area contributed by atoms with Crippen molar-refractivity contribution in [1.82, 2.24) is 5.32 Å². The van der Waals surface area contributed by atoms with Gasteiger partial charge in [-0.3, -0.25) is 0 Å². The number of benzene rings is 1. The van der Waals surface area contributed by atoms with E-state index >= 15 is 0 Å². The van der Waals surface area contributed by atoms with E-state index in [1.807, 2.05) is 0 Å². The zero-order valence-electron chi connectivity index (χ0n) is 12.0. The molecule has 3 N–H and O–H groups in total. The standard InChI is InChI=1S/C15H26N2O/c1-11(9-16)5-6-17-10-14-8-12(2)7-13(3)15(14)18-4/h7-8,11,17H,5-6,9-10,16H2,1-4H3. The lowest BCUT2D eigenvalue weighted by atomic mass is 10.0. The highest BCUT2D eigenvalue weighted by Gasteiger charge is 2.07. The van der Waals surface area contributed by atoms with Gasteiger partial charge in [-0.05, 0) is 44.8 Å². The van der Waals surface area contributed by atoms with Gasteiger partial charge in [0.25, 0.3) is 0 Å². The summed E-state index contributed by atoms with van der Waals surface area (Å²) < 4.78 is 5.47. The fourth-order valence-electron chi connectivity index (χ4n) is 2.16. The molecule has 1 unspecified atom stereocenters. The number of methoxy groups -OCH3 is 1. The number of hydrogen-bond donors (Lipinski definition) is 2. The summed E-state index contributed by atoms with van der Waals surface area (Å²) in [6, 6.07) is 4.34. The number of aryl methyl sites for hydroxylation is 2. The van der Waals surface area contributed by atoms with E-state index in [1.165, 1.54) is 16.7 Å². The number of hydrogen-bond acceptors (Lipinski definition) is 3. The largest absolute Gasteiger partial charge is 0.496 e. The van der Waals surface area contributed by atoms with Gasteiger partial charge in [-0.15, -0.1) is 0 Å². The molecule has 0 saturated heterocycles. The first kappa shape index (κ1) is 15.0. The van der Waals surface area contributed by atoms with E-state index in [-0.39, 0.29) is 0 Å². The average molecular weight is 250 g/mol. The minimum Gasteiger partial charge on any atom is -0.496 e. The first-order valence-corrected chi connectivity index (χ1v) is 6.63. The third kappa shape index (κ3) is 4.31. The number of ether oxygens (including phenoxy) is 1. The van der Waals surface area contributed by atoms with Crippen molar-refractivity contribution in [2.24, 2.45) is 11.7 Å². The predicted octanol–water partition coefficient (Wildman–Crippen LogP) is 2.39. The molecule has 0 bridgehead atoms. The summed E-state index contributed by atoms with van der Waals surface area (Å²) in [6.07, 6.45) is 1.11. The van der Waals surface area contributed by atoms with E-state index in [1.54, 1.807) is 7.11 Å². The van der Waals surface area contributed by atoms with Crippen molar-refractivity contribution >= 4 is 0 Å². The highest BCUT2D eigenvalue weighted by atomic mass is 16.5. The van der Waals surface area contributed by atoms with Gasteiger partial charge in [-0.25, -0.2) is 0 Å². The Bertz CT molecular complexity index is 377. The monoisotopic (exact) mass is 250 g/mol. The van der Waals surface area contributed by atoms with E-state index in [4.69, 9.17) is 10.5 Å². The van der Waals surface area contributed by atoms with E-state index in [0.717, 1.165) is 31.8 Å². The molecule has 0 heterocycles. The zero-order valence-corrected chi connectivity index (χ0v) is 12.0. The van der Waals surface area contributed by atoms with Gasteiger partial charge in [0.2, 0.25) is 0 Å². The van der Waals surface area contributed by atoms with Gasteiger partial charge >= 0.3 is 0 Å². The van der Waals surface area contributed by atoms with Crippen LogP contribution in [0.15, 0.2) is 12.1 Å². The molecule has 1 atom stereocenters. The van der Waals surface area contributed by atoms with Gasteiger partial charge in [-0.2, -0.15) is 0 Å². The van der Waals surface area contributed by atoms with Crippen molar-refractivity contribution in [2.45, 2.75) is 33.7 Å². The third-order valence-corrected chi connectivity index (χ3v) is 3.23. The molecule has 0 radical (unpaired) electrons. The first-order valence-electron chi connectivity index (χ1n) is 6.63. The number of nitrogens with two attached hydrogens (primary N) is 1. The van der Waals surface area contributed by atoms with E-state index < -0.39 is 0 Å². The van der Waals surface area contributed by atoms with Crippen molar-refractivity contribution < 1.29 is 4.74 Å². The SMILES string of the molecule is COc1c(C)cc(C)cc1CNCCC(C)CN. The van der Waals surface area contributed by atoms with Crippen LogP contribution in [0.3, 0.4) is 0 Å². The Morgan fingerprint density at radius 2 is 2.06 bits per heavy atom. The molecule has 18 heavy (non-hydrogen) atoms. The zero-order chi connectivity index (χ0) is 13.5. The van der Waals surface area contributed by atoms with E-state index in [9.17, 15) is 0 Å². The fourth-order valence-corrected chi connectivity index (χ4v) is 2.16. The molecule has 1 aromatic carbocycles. The highest BCUT2D eigenvalue weighted by molar-refractivity contribution is 5.43. The highest BCUT2D eigenvalue weighted by Crippen LogP contribution is 2.24. The van der Waals surface area contributed by atoms with Crippen molar-refractivity contribution in [3.05, 3.63) is 28.8 Å². The molecule has 1 aromatic rings.